The third kappa shape index (κ3) is 7.90. The molecule has 6 rings (SSSR count). The zero-order valence-corrected chi connectivity index (χ0v) is 25.8. The first-order valence-electron chi connectivity index (χ1n) is 15.1. The average molecular weight is 599 g/mol. The molecule has 45 heavy (non-hydrogen) atoms. The fourth-order valence-corrected chi connectivity index (χ4v) is 5.49. The number of amides is 1. The third-order valence-corrected chi connectivity index (χ3v) is 8.03. The maximum atomic E-state index is 11.3. The zero-order chi connectivity index (χ0) is 31.6. The van der Waals surface area contributed by atoms with E-state index < -0.39 is 0 Å². The number of pyridine rings is 2. The monoisotopic (exact) mass is 598 g/mol. The molecule has 0 saturated carbocycles. The number of carbonyl (C=O) groups excluding carboxylic acids is 1. The molecule has 0 aliphatic carbocycles. The molecular weight excluding hydrogens is 560 g/mol. The highest BCUT2D eigenvalue weighted by atomic mass is 16.5. The number of aryl methyl sites for hydroxylation is 1. The highest BCUT2D eigenvalue weighted by molar-refractivity contribution is 5.78. The van der Waals surface area contributed by atoms with Crippen LogP contribution in [0.2, 0.25) is 0 Å². The first kappa shape index (κ1) is 31.3. The number of piperazine rings is 1. The van der Waals surface area contributed by atoms with Gasteiger partial charge in [0.05, 0.1) is 17.3 Å². The van der Waals surface area contributed by atoms with E-state index in [1.165, 1.54) is 0 Å². The number of hydrogen-bond donors (Lipinski definition) is 1. The average Bonchev–Trinajstić information content (AvgIpc) is 3.09. The van der Waals surface area contributed by atoms with Gasteiger partial charge in [-0.3, -0.25) is 14.7 Å². The van der Waals surface area contributed by atoms with E-state index >= 15 is 0 Å². The smallest absolute Gasteiger partial charge is 0.219 e. The summed E-state index contributed by atoms with van der Waals surface area (Å²) < 4.78 is 5.90. The van der Waals surface area contributed by atoms with Gasteiger partial charge in [0.1, 0.15) is 18.4 Å². The Morgan fingerprint density at radius 3 is 2.38 bits per heavy atom. The van der Waals surface area contributed by atoms with Crippen LogP contribution < -0.4 is 10.5 Å². The summed E-state index contributed by atoms with van der Waals surface area (Å²) in [6.45, 7) is 7.32. The molecule has 1 aliphatic heterocycles. The molecular formula is C37H38N6O2. The second kappa shape index (κ2) is 15.1. The van der Waals surface area contributed by atoms with Crippen LogP contribution in [0.25, 0.3) is 22.0 Å². The van der Waals surface area contributed by atoms with Gasteiger partial charge in [0.15, 0.2) is 0 Å². The van der Waals surface area contributed by atoms with Gasteiger partial charge in [-0.15, -0.1) is 0 Å². The van der Waals surface area contributed by atoms with E-state index in [0.717, 1.165) is 63.4 Å². The lowest BCUT2D eigenvalue weighted by molar-refractivity contribution is -0.130. The van der Waals surface area contributed by atoms with Gasteiger partial charge >= 0.3 is 0 Å². The van der Waals surface area contributed by atoms with Crippen molar-refractivity contribution in [1.82, 2.24) is 19.8 Å². The van der Waals surface area contributed by atoms with Crippen molar-refractivity contribution in [2.75, 3.05) is 26.2 Å². The lowest BCUT2D eigenvalue weighted by Crippen LogP contribution is -2.49. The molecule has 2 aromatic heterocycles. The molecule has 1 aliphatic rings. The lowest BCUT2D eigenvalue weighted by Gasteiger charge is -2.36. The molecule has 1 unspecified atom stereocenters. The molecule has 8 nitrogen and oxygen atoms in total. The number of benzene rings is 3. The molecule has 1 atom stereocenters. The Morgan fingerprint density at radius 1 is 0.933 bits per heavy atom. The van der Waals surface area contributed by atoms with Gasteiger partial charge in [-0.2, -0.15) is 5.26 Å². The SMILES string of the molecule is CC(=O)N1CCN(C(C#N)c2cccnc2C)CC1.NCc1ccccc1-c1ccc(OCc2ccc3ccccc3n2)cc1. The molecule has 3 aromatic carbocycles. The number of nitriles is 1. The number of carbonyl (C=O) groups is 1. The molecule has 2 N–H and O–H groups in total. The molecule has 1 saturated heterocycles. The van der Waals surface area contributed by atoms with Gasteiger partial charge in [0.25, 0.3) is 0 Å². The van der Waals surface area contributed by atoms with Crippen molar-refractivity contribution in [2.24, 2.45) is 5.73 Å². The summed E-state index contributed by atoms with van der Waals surface area (Å²) in [6.07, 6.45) is 1.74. The third-order valence-electron chi connectivity index (χ3n) is 8.03. The second-order valence-electron chi connectivity index (χ2n) is 10.9. The Balaban J connectivity index is 0.000000187. The number of nitrogens with zero attached hydrogens (tertiary/aromatic N) is 5. The normalized spacial score (nSPS) is 13.8. The molecule has 0 radical (unpaired) electrons. The largest absolute Gasteiger partial charge is 0.487 e. The van der Waals surface area contributed by atoms with E-state index in [-0.39, 0.29) is 11.9 Å². The van der Waals surface area contributed by atoms with Crippen LogP contribution in [-0.2, 0) is 17.9 Å². The summed E-state index contributed by atoms with van der Waals surface area (Å²) in [6, 6.07) is 34.4. The van der Waals surface area contributed by atoms with Gasteiger partial charge in [-0.25, -0.2) is 4.98 Å². The summed E-state index contributed by atoms with van der Waals surface area (Å²) >= 11 is 0. The summed E-state index contributed by atoms with van der Waals surface area (Å²) in [5, 5.41) is 10.6. The number of rotatable bonds is 7. The van der Waals surface area contributed by atoms with Crippen molar-refractivity contribution in [3.05, 3.63) is 126 Å². The lowest BCUT2D eigenvalue weighted by atomic mass is 10.00. The number of hydrogen-bond acceptors (Lipinski definition) is 7. The topological polar surface area (TPSA) is 108 Å². The first-order valence-corrected chi connectivity index (χ1v) is 15.1. The van der Waals surface area contributed by atoms with E-state index in [0.29, 0.717) is 26.2 Å². The van der Waals surface area contributed by atoms with E-state index in [1.807, 2.05) is 72.5 Å². The fourth-order valence-electron chi connectivity index (χ4n) is 5.49. The number of para-hydroxylation sites is 1. The van der Waals surface area contributed by atoms with Crippen LogP contribution in [0.5, 0.6) is 5.75 Å². The van der Waals surface area contributed by atoms with Crippen LogP contribution in [0.3, 0.4) is 0 Å². The van der Waals surface area contributed by atoms with Crippen LogP contribution in [0.15, 0.2) is 103 Å². The highest BCUT2D eigenvalue weighted by Crippen LogP contribution is 2.26. The van der Waals surface area contributed by atoms with Gasteiger partial charge in [0, 0.05) is 62.5 Å². The van der Waals surface area contributed by atoms with E-state index in [4.69, 9.17) is 10.5 Å². The second-order valence-corrected chi connectivity index (χ2v) is 10.9. The van der Waals surface area contributed by atoms with Crippen LogP contribution in [0.1, 0.15) is 35.5 Å². The Bertz CT molecular complexity index is 1770. The van der Waals surface area contributed by atoms with Crippen molar-refractivity contribution in [3.63, 3.8) is 0 Å². The van der Waals surface area contributed by atoms with Crippen LogP contribution in [0.4, 0.5) is 0 Å². The van der Waals surface area contributed by atoms with Gasteiger partial charge in [-0.1, -0.05) is 66.7 Å². The number of nitrogens with two attached hydrogens (primary N) is 1. The molecule has 3 heterocycles. The first-order chi connectivity index (χ1) is 22.0. The van der Waals surface area contributed by atoms with Crippen LogP contribution in [-0.4, -0.2) is 51.9 Å². The summed E-state index contributed by atoms with van der Waals surface area (Å²) in [4.78, 5) is 24.1. The Morgan fingerprint density at radius 2 is 1.67 bits per heavy atom. The van der Waals surface area contributed by atoms with Crippen LogP contribution >= 0.6 is 0 Å². The Labute approximate surface area is 264 Å². The quantitative estimate of drug-likeness (QED) is 0.243. The molecule has 228 valence electrons. The standard InChI is InChI=1S/C23H20N2O.C14H18N4O/c24-15-19-6-1-3-7-22(19)17-10-13-21(14-11-17)26-16-20-12-9-18-5-2-4-8-23(18)25-20;1-11-13(4-3-5-16-11)14(10-15)18-8-6-17(7-9-18)12(2)19/h1-14H,15-16,24H2;3-5,14H,6-9H2,1-2H3. The molecule has 0 spiro atoms. The minimum atomic E-state index is -0.275. The molecule has 0 bridgehead atoms. The van der Waals surface area contributed by atoms with Crippen molar-refractivity contribution in [2.45, 2.75) is 33.0 Å². The predicted octanol–water partition coefficient (Wildman–Crippen LogP) is 6.06. The Hall–Kier alpha value is -5.10. The molecule has 1 fully saturated rings. The van der Waals surface area contributed by atoms with Crippen LogP contribution in [0, 0.1) is 18.3 Å². The van der Waals surface area contributed by atoms with Crippen molar-refractivity contribution in [1.29, 1.82) is 5.26 Å². The summed E-state index contributed by atoms with van der Waals surface area (Å²) in [7, 11) is 0. The van der Waals surface area contributed by atoms with Gasteiger partial charge in [-0.05, 0) is 53.9 Å². The molecule has 8 heteroatoms. The fraction of sp³-hybridized carbons (Fsp3) is 0.243. The maximum Gasteiger partial charge on any atom is 0.219 e. The highest BCUT2D eigenvalue weighted by Gasteiger charge is 2.26. The van der Waals surface area contributed by atoms with E-state index in [2.05, 4.69) is 57.3 Å². The minimum absolute atomic E-state index is 0.103. The molecule has 5 aromatic rings. The number of aromatic nitrogens is 2. The minimum Gasteiger partial charge on any atom is -0.487 e. The van der Waals surface area contributed by atoms with Crippen molar-refractivity contribution >= 4 is 16.8 Å². The van der Waals surface area contributed by atoms with Crippen molar-refractivity contribution in [3.8, 4) is 22.9 Å². The van der Waals surface area contributed by atoms with Gasteiger partial charge in [0.2, 0.25) is 5.91 Å². The Kier molecular flexibility index (Phi) is 10.5. The van der Waals surface area contributed by atoms with Crippen molar-refractivity contribution < 1.29 is 9.53 Å². The molecule has 1 amide bonds. The summed E-state index contributed by atoms with van der Waals surface area (Å²) in [5.41, 5.74) is 13.0. The van der Waals surface area contributed by atoms with E-state index in [9.17, 15) is 10.1 Å². The number of ether oxygens (including phenoxy) is 1. The van der Waals surface area contributed by atoms with Gasteiger partial charge < -0.3 is 15.4 Å². The predicted molar refractivity (Wildman–Crippen MR) is 177 cm³/mol. The summed E-state index contributed by atoms with van der Waals surface area (Å²) in [5.74, 6) is 0.930. The number of fused-ring (bicyclic) bond motifs is 1. The van der Waals surface area contributed by atoms with E-state index in [1.54, 1.807) is 13.1 Å². The zero-order valence-electron chi connectivity index (χ0n) is 25.8. The maximum absolute atomic E-state index is 11.3.